The van der Waals surface area contributed by atoms with Gasteiger partial charge in [0, 0.05) is 0 Å². The molecule has 4 heteroatoms. The third kappa shape index (κ3) is 6.00. The van der Waals surface area contributed by atoms with E-state index < -0.39 is 0 Å². The average molecular weight is 560 g/mol. The summed E-state index contributed by atoms with van der Waals surface area (Å²) in [5, 5.41) is 0. The van der Waals surface area contributed by atoms with E-state index in [-0.39, 0.29) is 42.6 Å². The Morgan fingerprint density at radius 2 is 1.14 bits per heavy atom. The van der Waals surface area contributed by atoms with Gasteiger partial charge in [-0.25, -0.2) is 0 Å². The molecule has 0 bridgehead atoms. The van der Waals surface area contributed by atoms with E-state index in [1.165, 1.54) is 37.3 Å². The Morgan fingerprint density at radius 1 is 0.743 bits per heavy atom. The Balaban J connectivity index is 0.00000204. The topological polar surface area (TPSA) is 0 Å². The van der Waals surface area contributed by atoms with Crippen LogP contribution < -0.4 is 37.2 Å². The minimum Gasteiger partial charge on any atom is -1.00 e. The molecule has 1 aliphatic rings. The maximum atomic E-state index is 2.45. The molecule has 1 unspecified atom stereocenters. The minimum absolute atomic E-state index is 0. The first-order valence-corrected chi connectivity index (χ1v) is 12.5. The zero-order chi connectivity index (χ0) is 22.9. The van der Waals surface area contributed by atoms with Crippen LogP contribution in [-0.4, -0.2) is 0 Å². The van der Waals surface area contributed by atoms with Gasteiger partial charge in [0.15, 0.2) is 0 Å². The predicted molar refractivity (Wildman–Crippen MR) is 133 cm³/mol. The van der Waals surface area contributed by atoms with Crippen molar-refractivity contribution in [3.8, 4) is 0 Å². The van der Waals surface area contributed by atoms with Crippen LogP contribution >= 0.6 is 0 Å². The molecule has 3 aromatic rings. The van der Waals surface area contributed by atoms with Gasteiger partial charge in [-0.05, 0) is 0 Å². The number of rotatable bonds is 6. The molecule has 0 spiro atoms. The monoisotopic (exact) mass is 558 g/mol. The van der Waals surface area contributed by atoms with Gasteiger partial charge in [-0.1, -0.05) is 0 Å². The van der Waals surface area contributed by atoms with Gasteiger partial charge in [0.1, 0.15) is 0 Å². The number of halogens is 3. The summed E-state index contributed by atoms with van der Waals surface area (Å²) in [6.07, 6.45) is 4.60. The van der Waals surface area contributed by atoms with Crippen molar-refractivity contribution in [2.45, 2.75) is 52.9 Å². The summed E-state index contributed by atoms with van der Waals surface area (Å²) in [4.78, 5) is 0. The molecule has 0 fully saturated rings. The largest absolute Gasteiger partial charge is 1.00 e. The molecule has 0 N–H and O–H groups in total. The van der Waals surface area contributed by atoms with Crippen LogP contribution in [0.25, 0.3) is 0 Å². The van der Waals surface area contributed by atoms with Crippen LogP contribution in [-0.2, 0) is 25.9 Å². The average Bonchev–Trinajstić information content (AvgIpc) is 3.16. The summed E-state index contributed by atoms with van der Waals surface area (Å²) < 4.78 is 1.45. The van der Waals surface area contributed by atoms with Crippen molar-refractivity contribution in [1.82, 2.24) is 0 Å². The Hall–Kier alpha value is -1.28. The van der Waals surface area contributed by atoms with Crippen LogP contribution in [0, 0.1) is 26.7 Å². The molecule has 4 rings (SSSR count). The van der Waals surface area contributed by atoms with Gasteiger partial charge in [-0.2, -0.15) is 0 Å². The van der Waals surface area contributed by atoms with Crippen molar-refractivity contribution in [1.29, 1.82) is 0 Å². The van der Waals surface area contributed by atoms with Gasteiger partial charge in [-0.15, -0.1) is 0 Å². The maximum Gasteiger partial charge on any atom is -1.00 e. The molecule has 1 atom stereocenters. The molecule has 35 heavy (non-hydrogen) atoms. The van der Waals surface area contributed by atoms with Crippen molar-refractivity contribution in [2.24, 2.45) is 5.92 Å². The molecule has 0 aliphatic heterocycles. The van der Waals surface area contributed by atoms with Gasteiger partial charge < -0.3 is 37.2 Å². The fourth-order valence-electron chi connectivity index (χ4n) is 5.37. The van der Waals surface area contributed by atoms with Crippen molar-refractivity contribution in [3.63, 3.8) is 0 Å². The van der Waals surface area contributed by atoms with Crippen molar-refractivity contribution in [2.75, 3.05) is 0 Å². The van der Waals surface area contributed by atoms with Gasteiger partial charge in [0.25, 0.3) is 0 Å². The number of allylic oxidation sites excluding steroid dienone is 4. The Kier molecular flexibility index (Phi) is 12.1. The summed E-state index contributed by atoms with van der Waals surface area (Å²) in [5.41, 5.74) is 10.8. The molecule has 0 nitrogen and oxygen atoms in total. The fraction of sp³-hybridized carbons (Fsp3) is 0.290. The third-order valence-electron chi connectivity index (χ3n) is 7.04. The van der Waals surface area contributed by atoms with Crippen LogP contribution in [0.5, 0.6) is 0 Å². The quantitative estimate of drug-likeness (QED) is 0.272. The van der Waals surface area contributed by atoms with E-state index in [2.05, 4.69) is 134 Å². The van der Waals surface area contributed by atoms with E-state index in [0.29, 0.717) is 5.92 Å². The van der Waals surface area contributed by atoms with Crippen molar-refractivity contribution >= 4 is 0 Å². The molecule has 0 saturated carbocycles. The smallest absolute Gasteiger partial charge is 1.00 e. The molecule has 0 amide bonds. The van der Waals surface area contributed by atoms with E-state index in [1.807, 2.05) is 0 Å². The molecule has 0 heterocycles. The molecule has 182 valence electrons. The molecule has 3 aromatic carbocycles. The van der Waals surface area contributed by atoms with Gasteiger partial charge in [0.05, 0.1) is 0 Å². The van der Waals surface area contributed by atoms with Crippen molar-refractivity contribution in [3.05, 3.63) is 127 Å². The fourth-order valence-corrected chi connectivity index (χ4v) is 6.15. The standard InChI is InChI=1S/C31H33.3ClH.Ti/c1-6-25(5)29-17-10-18-30(29)31(26-14-7-11-22(2)19-26,27-15-8-12-23(3)20-27)28-16-9-13-24(4)21-28;;;;/h7-16,19-21,25H,6,18H2,1-5H3;3*1H;/q;;;;+3/p-3. The number of hydrogen-bond acceptors (Lipinski definition) is 0. The molecular formula is C31H33Cl3Ti. The second-order valence-corrected chi connectivity index (χ2v) is 10.2. The first-order chi connectivity index (χ1) is 15.4. The van der Waals surface area contributed by atoms with Gasteiger partial charge >= 0.3 is 207 Å². The predicted octanol–water partition coefficient (Wildman–Crippen LogP) is -0.865. The zero-order valence-electron chi connectivity index (χ0n) is 21.1. The number of benzene rings is 3. The SMILES string of the molecule is CCC(C)C1=C(C(c2cccc(C)c2)(c2cccc(C)c2)c2cccc(C)c2)CC=[C]1[Ti+3].[Cl-].[Cl-].[Cl-]. The van der Waals surface area contributed by atoms with E-state index in [9.17, 15) is 0 Å². The van der Waals surface area contributed by atoms with Crippen molar-refractivity contribution < 1.29 is 57.7 Å². The van der Waals surface area contributed by atoms with Gasteiger partial charge in [0.2, 0.25) is 0 Å². The Bertz CT molecular complexity index is 1100. The summed E-state index contributed by atoms with van der Waals surface area (Å²) in [6, 6.07) is 27.5. The van der Waals surface area contributed by atoms with Crippen LogP contribution in [0.1, 0.15) is 60.1 Å². The number of hydrogen-bond donors (Lipinski definition) is 0. The molecular weight excluding hydrogens is 527 g/mol. The van der Waals surface area contributed by atoms with Gasteiger partial charge in [-0.3, -0.25) is 0 Å². The molecule has 1 aliphatic carbocycles. The van der Waals surface area contributed by atoms with E-state index in [4.69, 9.17) is 0 Å². The summed E-state index contributed by atoms with van der Waals surface area (Å²) in [7, 11) is 0. The van der Waals surface area contributed by atoms with E-state index >= 15 is 0 Å². The van der Waals surface area contributed by atoms with E-state index in [1.54, 1.807) is 11.1 Å². The van der Waals surface area contributed by atoms with Crippen LogP contribution in [0.15, 0.2) is 93.9 Å². The summed E-state index contributed by atoms with van der Waals surface area (Å²) in [5.74, 6) is 0.530. The number of aryl methyl sites for hydroxylation is 3. The normalized spacial score (nSPS) is 13.9. The molecule has 0 radical (unpaired) electrons. The minimum atomic E-state index is -0.308. The second kappa shape index (κ2) is 13.3. The maximum absolute atomic E-state index is 2.45. The Morgan fingerprint density at radius 3 is 1.49 bits per heavy atom. The zero-order valence-corrected chi connectivity index (χ0v) is 25.0. The Labute approximate surface area is 242 Å². The first kappa shape index (κ1) is 31.8. The second-order valence-electron chi connectivity index (χ2n) is 9.38. The van der Waals surface area contributed by atoms with Crippen LogP contribution in [0.4, 0.5) is 0 Å². The first-order valence-electron chi connectivity index (χ1n) is 11.7. The van der Waals surface area contributed by atoms with E-state index in [0.717, 1.165) is 12.8 Å². The molecule has 0 saturated heterocycles. The van der Waals surface area contributed by atoms with Crippen LogP contribution in [0.3, 0.4) is 0 Å². The molecule has 0 aromatic heterocycles. The van der Waals surface area contributed by atoms with Crippen LogP contribution in [0.2, 0.25) is 0 Å². The third-order valence-corrected chi connectivity index (χ3v) is 7.78. The summed E-state index contributed by atoms with van der Waals surface area (Å²) >= 11 is 2.31. The summed E-state index contributed by atoms with van der Waals surface area (Å²) in [6.45, 7) is 11.3.